The Kier molecular flexibility index (Phi) is 13.0. The Bertz CT molecular complexity index is 1330. The molecular weight excluding hydrogens is 558 g/mol. The molecule has 0 bridgehead atoms. The molecule has 2 amide bonds. The molecule has 9 nitrogen and oxygen atoms in total. The molecule has 1 saturated heterocycles. The first-order valence-electron chi connectivity index (χ1n) is 15.4. The lowest BCUT2D eigenvalue weighted by molar-refractivity contribution is -0.131. The van der Waals surface area contributed by atoms with Crippen LogP contribution in [0.5, 0.6) is 11.5 Å². The number of carbonyl (C=O) groups is 2. The van der Waals surface area contributed by atoms with E-state index in [2.05, 4.69) is 28.1 Å². The molecule has 3 atom stereocenters. The topological polar surface area (TPSA) is 107 Å². The van der Waals surface area contributed by atoms with Crippen LogP contribution in [0.15, 0.2) is 72.8 Å². The van der Waals surface area contributed by atoms with Gasteiger partial charge in [-0.25, -0.2) is 0 Å². The largest absolute Gasteiger partial charge is 0.496 e. The maximum absolute atomic E-state index is 13.1. The Morgan fingerprint density at radius 2 is 1.73 bits per heavy atom. The van der Waals surface area contributed by atoms with Crippen LogP contribution in [0.25, 0.3) is 0 Å². The van der Waals surface area contributed by atoms with Gasteiger partial charge in [0, 0.05) is 43.6 Å². The number of carbonyl (C=O) groups excluding carboxylic acids is 2. The molecule has 1 aliphatic rings. The number of para-hydroxylation sites is 2. The highest BCUT2D eigenvalue weighted by Gasteiger charge is 2.30. The van der Waals surface area contributed by atoms with Crippen molar-refractivity contribution in [3.63, 3.8) is 0 Å². The van der Waals surface area contributed by atoms with Crippen molar-refractivity contribution >= 4 is 17.5 Å². The minimum atomic E-state index is -0.640. The summed E-state index contributed by atoms with van der Waals surface area (Å²) >= 11 is 0. The van der Waals surface area contributed by atoms with Gasteiger partial charge in [-0.05, 0) is 61.7 Å². The van der Waals surface area contributed by atoms with Crippen LogP contribution < -0.4 is 25.4 Å². The molecular formula is C35H45N3O6. The molecule has 3 aromatic rings. The number of hydrogen-bond donors (Lipinski definition) is 3. The number of piperidine rings is 1. The average Bonchev–Trinajstić information content (AvgIpc) is 3.04. The van der Waals surface area contributed by atoms with Gasteiger partial charge in [0.1, 0.15) is 17.6 Å². The normalized spacial score (nSPS) is 17.0. The quantitative estimate of drug-likeness (QED) is 0.201. The second-order valence-electron chi connectivity index (χ2n) is 10.9. The van der Waals surface area contributed by atoms with Gasteiger partial charge in [0.25, 0.3) is 5.91 Å². The van der Waals surface area contributed by atoms with Crippen molar-refractivity contribution in [3.8, 4) is 11.5 Å². The maximum atomic E-state index is 13.1. The van der Waals surface area contributed by atoms with Crippen molar-refractivity contribution in [2.24, 2.45) is 0 Å². The Morgan fingerprint density at radius 1 is 0.977 bits per heavy atom. The van der Waals surface area contributed by atoms with E-state index in [0.29, 0.717) is 39.3 Å². The summed E-state index contributed by atoms with van der Waals surface area (Å²) < 4.78 is 23.5. The predicted octanol–water partition coefficient (Wildman–Crippen LogP) is 4.85. The van der Waals surface area contributed by atoms with Gasteiger partial charge in [-0.15, -0.1) is 0 Å². The van der Waals surface area contributed by atoms with E-state index in [0.717, 1.165) is 47.7 Å². The molecule has 1 fully saturated rings. The van der Waals surface area contributed by atoms with Crippen LogP contribution in [0.1, 0.15) is 49.3 Å². The standard InChI is InChI=1S/C35H45N3O6/c1-25(35(40)38-32-11-6-4-9-28(32)17-20-37-26(2)39)44-34-23-36-19-18-31(34)27-13-15-30(16-14-27)43-22-8-21-42-24-29-10-5-7-12-33(29)41-3/h4-7,9-16,25,31,34,36H,8,17-24H2,1-3H3,(H,37,39)(H,38,40). The first kappa shape index (κ1) is 33.0. The third-order valence-electron chi connectivity index (χ3n) is 7.68. The molecule has 1 aliphatic heterocycles. The number of hydrogen-bond acceptors (Lipinski definition) is 7. The summed E-state index contributed by atoms with van der Waals surface area (Å²) in [6, 6.07) is 23.7. The van der Waals surface area contributed by atoms with E-state index in [4.69, 9.17) is 18.9 Å². The maximum Gasteiger partial charge on any atom is 0.253 e. The van der Waals surface area contributed by atoms with Crippen LogP contribution in [-0.2, 0) is 32.1 Å². The van der Waals surface area contributed by atoms with E-state index in [-0.39, 0.29) is 23.8 Å². The van der Waals surface area contributed by atoms with Gasteiger partial charge in [0.05, 0.1) is 33.0 Å². The second-order valence-corrected chi connectivity index (χ2v) is 10.9. The van der Waals surface area contributed by atoms with Gasteiger partial charge in [0.2, 0.25) is 5.91 Å². The van der Waals surface area contributed by atoms with Crippen LogP contribution in [0.2, 0.25) is 0 Å². The number of ether oxygens (including phenoxy) is 4. The lowest BCUT2D eigenvalue weighted by Crippen LogP contribution is -2.44. The molecule has 44 heavy (non-hydrogen) atoms. The number of rotatable bonds is 16. The number of anilines is 1. The van der Waals surface area contributed by atoms with Gasteiger partial charge in [-0.3, -0.25) is 9.59 Å². The lowest BCUT2D eigenvalue weighted by Gasteiger charge is -2.34. The fraction of sp³-hybridized carbons (Fsp3) is 0.429. The number of methoxy groups -OCH3 is 1. The van der Waals surface area contributed by atoms with E-state index < -0.39 is 6.10 Å². The van der Waals surface area contributed by atoms with Crippen molar-refractivity contribution in [3.05, 3.63) is 89.5 Å². The first-order valence-corrected chi connectivity index (χ1v) is 15.4. The van der Waals surface area contributed by atoms with Crippen LogP contribution >= 0.6 is 0 Å². The van der Waals surface area contributed by atoms with Gasteiger partial charge >= 0.3 is 0 Å². The molecule has 0 aliphatic carbocycles. The molecule has 3 aromatic carbocycles. The summed E-state index contributed by atoms with van der Waals surface area (Å²) in [5, 5.41) is 9.23. The zero-order chi connectivity index (χ0) is 31.1. The van der Waals surface area contributed by atoms with Crippen molar-refractivity contribution in [1.29, 1.82) is 0 Å². The van der Waals surface area contributed by atoms with Crippen molar-refractivity contribution in [2.75, 3.05) is 45.3 Å². The zero-order valence-corrected chi connectivity index (χ0v) is 26.0. The zero-order valence-electron chi connectivity index (χ0n) is 26.0. The average molecular weight is 604 g/mol. The minimum absolute atomic E-state index is 0.0754. The highest BCUT2D eigenvalue weighted by Crippen LogP contribution is 2.30. The van der Waals surface area contributed by atoms with E-state index in [1.165, 1.54) is 12.5 Å². The smallest absolute Gasteiger partial charge is 0.253 e. The second kappa shape index (κ2) is 17.4. The summed E-state index contributed by atoms with van der Waals surface area (Å²) in [4.78, 5) is 24.4. The molecule has 1 heterocycles. The third-order valence-corrected chi connectivity index (χ3v) is 7.68. The molecule has 0 radical (unpaired) electrons. The predicted molar refractivity (Wildman–Crippen MR) is 171 cm³/mol. The lowest BCUT2D eigenvalue weighted by atomic mass is 9.87. The summed E-state index contributed by atoms with van der Waals surface area (Å²) in [7, 11) is 1.66. The van der Waals surface area contributed by atoms with Crippen LogP contribution in [0.4, 0.5) is 5.69 Å². The fourth-order valence-electron chi connectivity index (χ4n) is 5.31. The van der Waals surface area contributed by atoms with Gasteiger partial charge in [-0.1, -0.05) is 48.5 Å². The van der Waals surface area contributed by atoms with Crippen LogP contribution in [0.3, 0.4) is 0 Å². The minimum Gasteiger partial charge on any atom is -0.496 e. The number of benzene rings is 3. The van der Waals surface area contributed by atoms with Crippen LogP contribution in [0, 0.1) is 0 Å². The molecule has 3 unspecified atom stereocenters. The van der Waals surface area contributed by atoms with E-state index in [1.54, 1.807) is 14.0 Å². The third kappa shape index (κ3) is 10.1. The molecule has 0 spiro atoms. The molecule has 236 valence electrons. The Labute approximate surface area is 260 Å². The molecule has 0 aromatic heterocycles. The van der Waals surface area contributed by atoms with Gasteiger partial charge < -0.3 is 34.9 Å². The van der Waals surface area contributed by atoms with E-state index >= 15 is 0 Å². The molecule has 3 N–H and O–H groups in total. The summed E-state index contributed by atoms with van der Waals surface area (Å²) in [5.41, 5.74) is 3.89. The Morgan fingerprint density at radius 3 is 2.50 bits per heavy atom. The molecule has 4 rings (SSSR count). The van der Waals surface area contributed by atoms with Gasteiger partial charge in [-0.2, -0.15) is 0 Å². The Hall–Kier alpha value is -3.92. The number of amides is 2. The Balaban J connectivity index is 1.23. The van der Waals surface area contributed by atoms with E-state index in [1.807, 2.05) is 60.7 Å². The first-order chi connectivity index (χ1) is 21.4. The highest BCUT2D eigenvalue weighted by molar-refractivity contribution is 5.94. The summed E-state index contributed by atoms with van der Waals surface area (Å²) in [6.45, 7) is 7.01. The summed E-state index contributed by atoms with van der Waals surface area (Å²) in [6.07, 6.45) is 1.53. The van der Waals surface area contributed by atoms with Crippen molar-refractivity contribution in [1.82, 2.24) is 10.6 Å². The van der Waals surface area contributed by atoms with Crippen molar-refractivity contribution in [2.45, 2.75) is 57.8 Å². The van der Waals surface area contributed by atoms with E-state index in [9.17, 15) is 9.59 Å². The highest BCUT2D eigenvalue weighted by atomic mass is 16.5. The molecule has 9 heteroatoms. The SMILES string of the molecule is COc1ccccc1COCCCOc1ccc(C2CCNCC2OC(C)C(=O)Nc2ccccc2CCNC(C)=O)cc1. The summed E-state index contributed by atoms with van der Waals surface area (Å²) in [5.74, 6) is 1.54. The monoisotopic (exact) mass is 603 g/mol. The van der Waals surface area contributed by atoms with Crippen molar-refractivity contribution < 1.29 is 28.5 Å². The number of nitrogens with one attached hydrogen (secondary N) is 3. The van der Waals surface area contributed by atoms with Gasteiger partial charge in [0.15, 0.2) is 0 Å². The fourth-order valence-corrected chi connectivity index (χ4v) is 5.31. The van der Waals surface area contributed by atoms with Crippen LogP contribution in [-0.4, -0.2) is 64.0 Å². The molecule has 0 saturated carbocycles.